The zero-order valence-corrected chi connectivity index (χ0v) is 16.2. The fourth-order valence-electron chi connectivity index (χ4n) is 1.81. The molecule has 6 heteroatoms. The van der Waals surface area contributed by atoms with E-state index in [4.69, 9.17) is 4.42 Å². The quantitative estimate of drug-likeness (QED) is 0.314. The van der Waals surface area contributed by atoms with Crippen LogP contribution >= 0.6 is 24.0 Å². The minimum Gasteiger partial charge on any atom is -0.444 e. The Kier molecular flexibility index (Phi) is 10.5. The number of nitrogens with zero attached hydrogens (tertiary/aromatic N) is 2. The molecule has 2 N–H and O–H groups in total. The zero-order valence-electron chi connectivity index (χ0n) is 13.8. The van der Waals surface area contributed by atoms with Crippen LogP contribution < -0.4 is 10.6 Å². The highest BCUT2D eigenvalue weighted by atomic mass is 127. The van der Waals surface area contributed by atoms with E-state index in [1.165, 1.54) is 6.42 Å². The van der Waals surface area contributed by atoms with Gasteiger partial charge in [-0.2, -0.15) is 0 Å². The van der Waals surface area contributed by atoms with E-state index in [9.17, 15) is 0 Å². The number of aryl methyl sites for hydroxylation is 2. The maximum atomic E-state index is 5.53. The Balaban J connectivity index is 0.00000400. The van der Waals surface area contributed by atoms with Gasteiger partial charge in [0.05, 0.1) is 5.69 Å². The molecule has 1 aromatic rings. The van der Waals surface area contributed by atoms with Crippen molar-refractivity contribution >= 4 is 29.9 Å². The third-order valence-corrected chi connectivity index (χ3v) is 3.04. The summed E-state index contributed by atoms with van der Waals surface area (Å²) >= 11 is 0. The molecule has 122 valence electrons. The van der Waals surface area contributed by atoms with Gasteiger partial charge in [-0.05, 0) is 39.5 Å². The third kappa shape index (κ3) is 8.28. The average molecular weight is 408 g/mol. The maximum absolute atomic E-state index is 5.53. The molecule has 0 saturated carbocycles. The highest BCUT2D eigenvalue weighted by molar-refractivity contribution is 14.0. The summed E-state index contributed by atoms with van der Waals surface area (Å²) in [5.74, 6) is 3.10. The van der Waals surface area contributed by atoms with Gasteiger partial charge in [-0.3, -0.25) is 0 Å². The van der Waals surface area contributed by atoms with E-state index in [0.29, 0.717) is 12.4 Å². The van der Waals surface area contributed by atoms with Crippen molar-refractivity contribution < 1.29 is 4.42 Å². The van der Waals surface area contributed by atoms with Crippen LogP contribution in [0.3, 0.4) is 0 Å². The number of guanidine groups is 1. The van der Waals surface area contributed by atoms with Gasteiger partial charge in [-0.25, -0.2) is 9.98 Å². The van der Waals surface area contributed by atoms with Crippen LogP contribution in [0.1, 0.15) is 51.0 Å². The van der Waals surface area contributed by atoms with Crippen molar-refractivity contribution in [2.45, 2.75) is 54.0 Å². The highest BCUT2D eigenvalue weighted by Crippen LogP contribution is 2.08. The number of rotatable bonds is 7. The first-order chi connectivity index (χ1) is 9.52. The average Bonchev–Trinajstić information content (AvgIpc) is 2.70. The summed E-state index contributed by atoms with van der Waals surface area (Å²) in [6.45, 7) is 12.7. The molecular weight excluding hydrogens is 379 g/mol. The van der Waals surface area contributed by atoms with Crippen molar-refractivity contribution in [2.24, 2.45) is 10.9 Å². The van der Waals surface area contributed by atoms with Crippen LogP contribution in [0.2, 0.25) is 0 Å². The molecule has 0 aliphatic rings. The summed E-state index contributed by atoms with van der Waals surface area (Å²) < 4.78 is 5.53. The fraction of sp³-hybridized carbons (Fsp3) is 0.733. The van der Waals surface area contributed by atoms with Gasteiger partial charge in [0.1, 0.15) is 12.3 Å². The smallest absolute Gasteiger partial charge is 0.216 e. The Labute approximate surface area is 145 Å². The molecule has 1 aromatic heterocycles. The number of hydrogen-bond donors (Lipinski definition) is 2. The van der Waals surface area contributed by atoms with Gasteiger partial charge < -0.3 is 15.1 Å². The lowest BCUT2D eigenvalue weighted by Gasteiger charge is -2.11. The Morgan fingerprint density at radius 2 is 2.00 bits per heavy atom. The molecule has 5 nitrogen and oxygen atoms in total. The molecular formula is C15H29IN4O. The van der Waals surface area contributed by atoms with E-state index in [-0.39, 0.29) is 24.0 Å². The van der Waals surface area contributed by atoms with E-state index in [2.05, 4.69) is 41.4 Å². The van der Waals surface area contributed by atoms with Crippen molar-refractivity contribution in [1.82, 2.24) is 15.6 Å². The predicted octanol–water partition coefficient (Wildman–Crippen LogP) is 3.40. The van der Waals surface area contributed by atoms with Crippen LogP contribution in [-0.2, 0) is 6.54 Å². The lowest BCUT2D eigenvalue weighted by molar-refractivity contribution is 0.472. The first-order valence-corrected chi connectivity index (χ1v) is 7.48. The number of aromatic nitrogens is 1. The molecule has 0 aliphatic heterocycles. The summed E-state index contributed by atoms with van der Waals surface area (Å²) in [7, 11) is 0. The van der Waals surface area contributed by atoms with Crippen LogP contribution in [0.25, 0.3) is 0 Å². The van der Waals surface area contributed by atoms with Gasteiger partial charge in [-0.15, -0.1) is 24.0 Å². The third-order valence-electron chi connectivity index (χ3n) is 3.04. The molecule has 0 atom stereocenters. The standard InChI is InChI=1S/C15H28N4O.HI/c1-6-16-15(17-9-7-8-11(2)3)18-10-14-19-12(4)13(5)20-14;/h11H,6-10H2,1-5H3,(H2,16,17,18);1H. The van der Waals surface area contributed by atoms with Gasteiger partial charge in [0.25, 0.3) is 0 Å². The SMILES string of the molecule is CCNC(=NCc1nc(C)c(C)o1)NCCCC(C)C.I. The van der Waals surface area contributed by atoms with Crippen LogP contribution in [0, 0.1) is 19.8 Å². The Morgan fingerprint density at radius 1 is 1.29 bits per heavy atom. The molecule has 0 bridgehead atoms. The summed E-state index contributed by atoms with van der Waals surface area (Å²) in [4.78, 5) is 8.83. The molecule has 0 aromatic carbocycles. The Morgan fingerprint density at radius 3 is 2.52 bits per heavy atom. The van der Waals surface area contributed by atoms with Crippen LogP contribution in [-0.4, -0.2) is 24.0 Å². The van der Waals surface area contributed by atoms with Crippen LogP contribution in [0.5, 0.6) is 0 Å². The van der Waals surface area contributed by atoms with Crippen molar-refractivity contribution in [3.8, 4) is 0 Å². The summed E-state index contributed by atoms with van der Waals surface area (Å²) in [6, 6.07) is 0. The van der Waals surface area contributed by atoms with Gasteiger partial charge in [0.15, 0.2) is 5.96 Å². The minimum absolute atomic E-state index is 0. The largest absolute Gasteiger partial charge is 0.444 e. The van der Waals surface area contributed by atoms with Gasteiger partial charge in [0, 0.05) is 13.1 Å². The molecule has 1 heterocycles. The van der Waals surface area contributed by atoms with Crippen molar-refractivity contribution in [1.29, 1.82) is 0 Å². The molecule has 0 spiro atoms. The first-order valence-electron chi connectivity index (χ1n) is 7.48. The van der Waals surface area contributed by atoms with E-state index >= 15 is 0 Å². The van der Waals surface area contributed by atoms with Crippen LogP contribution in [0.15, 0.2) is 9.41 Å². The van der Waals surface area contributed by atoms with E-state index < -0.39 is 0 Å². The van der Waals surface area contributed by atoms with E-state index in [1.807, 2.05) is 13.8 Å². The summed E-state index contributed by atoms with van der Waals surface area (Å²) in [5.41, 5.74) is 0.935. The maximum Gasteiger partial charge on any atom is 0.216 e. The number of oxazole rings is 1. The molecule has 21 heavy (non-hydrogen) atoms. The molecule has 0 aliphatic carbocycles. The second-order valence-corrected chi connectivity index (χ2v) is 5.41. The number of hydrogen-bond acceptors (Lipinski definition) is 3. The minimum atomic E-state index is 0. The first kappa shape index (κ1) is 20.2. The Hall–Kier alpha value is -0.790. The summed E-state index contributed by atoms with van der Waals surface area (Å²) in [6.07, 6.45) is 2.38. The second-order valence-electron chi connectivity index (χ2n) is 5.41. The van der Waals surface area contributed by atoms with Crippen molar-refractivity contribution in [2.75, 3.05) is 13.1 Å². The lowest BCUT2D eigenvalue weighted by Crippen LogP contribution is -2.37. The highest BCUT2D eigenvalue weighted by Gasteiger charge is 2.05. The van der Waals surface area contributed by atoms with Crippen LogP contribution in [0.4, 0.5) is 0 Å². The lowest BCUT2D eigenvalue weighted by atomic mass is 10.1. The van der Waals surface area contributed by atoms with Crippen molar-refractivity contribution in [3.63, 3.8) is 0 Å². The molecule has 0 radical (unpaired) electrons. The van der Waals surface area contributed by atoms with Gasteiger partial charge in [-0.1, -0.05) is 13.8 Å². The molecule has 0 unspecified atom stereocenters. The molecule has 0 fully saturated rings. The Bertz CT molecular complexity index is 410. The van der Waals surface area contributed by atoms with E-state index in [0.717, 1.165) is 42.8 Å². The van der Waals surface area contributed by atoms with Crippen molar-refractivity contribution in [3.05, 3.63) is 17.3 Å². The fourth-order valence-corrected chi connectivity index (χ4v) is 1.81. The molecule has 0 amide bonds. The number of halogens is 1. The molecule has 0 saturated heterocycles. The normalized spacial score (nSPS) is 11.4. The van der Waals surface area contributed by atoms with E-state index in [1.54, 1.807) is 0 Å². The number of aliphatic imine (C=N–C) groups is 1. The zero-order chi connectivity index (χ0) is 15.0. The number of nitrogens with one attached hydrogen (secondary N) is 2. The monoisotopic (exact) mass is 408 g/mol. The topological polar surface area (TPSA) is 62.5 Å². The molecule has 1 rings (SSSR count). The van der Waals surface area contributed by atoms with Gasteiger partial charge in [0.2, 0.25) is 5.89 Å². The second kappa shape index (κ2) is 10.9. The van der Waals surface area contributed by atoms with Gasteiger partial charge >= 0.3 is 0 Å². The predicted molar refractivity (Wildman–Crippen MR) is 98.3 cm³/mol. The summed E-state index contributed by atoms with van der Waals surface area (Å²) in [5, 5.41) is 6.57.